The van der Waals surface area contributed by atoms with Crippen LogP contribution in [0.4, 0.5) is 0 Å². The summed E-state index contributed by atoms with van der Waals surface area (Å²) in [5.41, 5.74) is 7.95. The van der Waals surface area contributed by atoms with Gasteiger partial charge in [-0.15, -0.1) is 0 Å². The molecule has 3 nitrogen and oxygen atoms in total. The highest BCUT2D eigenvalue weighted by molar-refractivity contribution is 5.98. The Bertz CT molecular complexity index is 340. The van der Waals surface area contributed by atoms with Crippen molar-refractivity contribution in [2.45, 2.75) is 25.8 Å². The van der Waals surface area contributed by atoms with Crippen LogP contribution in [0.2, 0.25) is 0 Å². The normalized spacial score (nSPS) is 17.5. The smallest absolute Gasteiger partial charge is 0.127 e. The van der Waals surface area contributed by atoms with E-state index in [9.17, 15) is 0 Å². The van der Waals surface area contributed by atoms with Crippen molar-refractivity contribution in [3.8, 4) is 0 Å². The molecule has 1 aliphatic rings. The van der Waals surface area contributed by atoms with Crippen molar-refractivity contribution in [2.75, 3.05) is 0 Å². The van der Waals surface area contributed by atoms with Gasteiger partial charge in [0, 0.05) is 18.0 Å². The number of hydrogen-bond donors (Lipinski definition) is 1. The minimum atomic E-state index is 0.472. The van der Waals surface area contributed by atoms with Crippen LogP contribution in [0.5, 0.6) is 0 Å². The Kier molecular flexibility index (Phi) is 2.00. The van der Waals surface area contributed by atoms with Gasteiger partial charge in [-0.25, -0.2) is 0 Å². The van der Waals surface area contributed by atoms with Crippen LogP contribution in [0.1, 0.15) is 24.0 Å². The second-order valence-electron chi connectivity index (χ2n) is 3.44. The van der Waals surface area contributed by atoms with Crippen molar-refractivity contribution in [1.29, 1.82) is 0 Å². The van der Waals surface area contributed by atoms with Crippen LogP contribution in [-0.4, -0.2) is 16.9 Å². The van der Waals surface area contributed by atoms with E-state index < -0.39 is 0 Å². The Labute approximate surface area is 77.7 Å². The number of rotatable bonds is 2. The summed E-state index contributed by atoms with van der Waals surface area (Å²) in [6.07, 6.45) is 5.90. The van der Waals surface area contributed by atoms with Gasteiger partial charge in [0.25, 0.3) is 0 Å². The molecule has 13 heavy (non-hydrogen) atoms. The molecule has 0 aromatic carbocycles. The third-order valence-corrected chi connectivity index (χ3v) is 2.18. The van der Waals surface area contributed by atoms with E-state index in [1.54, 1.807) is 12.4 Å². The number of nitrogens with zero attached hydrogens (tertiary/aromatic N) is 2. The molecule has 0 aliphatic heterocycles. The summed E-state index contributed by atoms with van der Waals surface area (Å²) in [7, 11) is 0. The van der Waals surface area contributed by atoms with Gasteiger partial charge < -0.3 is 5.73 Å². The Morgan fingerprint density at radius 2 is 2.38 bits per heavy atom. The number of aryl methyl sites for hydroxylation is 1. The molecule has 0 amide bonds. The molecule has 1 aromatic heterocycles. The van der Waals surface area contributed by atoms with Crippen LogP contribution in [0.3, 0.4) is 0 Å². The molecule has 68 valence electrons. The summed E-state index contributed by atoms with van der Waals surface area (Å²) in [6.45, 7) is 2.02. The molecule has 0 atom stereocenters. The summed E-state index contributed by atoms with van der Waals surface area (Å²) >= 11 is 0. The van der Waals surface area contributed by atoms with Gasteiger partial charge in [-0.3, -0.25) is 9.98 Å². The van der Waals surface area contributed by atoms with Crippen LogP contribution in [0, 0.1) is 6.92 Å². The molecule has 0 radical (unpaired) electrons. The van der Waals surface area contributed by atoms with Crippen molar-refractivity contribution >= 4 is 5.84 Å². The van der Waals surface area contributed by atoms with Gasteiger partial charge >= 0.3 is 0 Å². The van der Waals surface area contributed by atoms with Gasteiger partial charge in [-0.2, -0.15) is 0 Å². The second kappa shape index (κ2) is 3.17. The molecule has 1 aliphatic carbocycles. The average Bonchev–Trinajstić information content (AvgIpc) is 2.89. The number of pyridine rings is 1. The first-order valence-corrected chi connectivity index (χ1v) is 4.51. The standard InChI is InChI=1S/C10H13N3/c1-7-4-5-12-6-9(7)10(11)13-8-2-3-8/h4-6,8H,2-3H2,1H3,(H2,11,13). The fourth-order valence-corrected chi connectivity index (χ4v) is 1.20. The van der Waals surface area contributed by atoms with Gasteiger partial charge in [-0.05, 0) is 31.4 Å². The maximum Gasteiger partial charge on any atom is 0.127 e. The molecule has 3 heteroatoms. The molecule has 0 unspecified atom stereocenters. The van der Waals surface area contributed by atoms with E-state index in [2.05, 4.69) is 9.98 Å². The summed E-state index contributed by atoms with van der Waals surface area (Å²) in [4.78, 5) is 8.41. The topological polar surface area (TPSA) is 51.3 Å². The fourth-order valence-electron chi connectivity index (χ4n) is 1.20. The quantitative estimate of drug-likeness (QED) is 0.543. The molecule has 1 fully saturated rings. The first-order chi connectivity index (χ1) is 6.27. The Balaban J connectivity index is 2.28. The van der Waals surface area contributed by atoms with Crippen LogP contribution in [0.15, 0.2) is 23.5 Å². The lowest BCUT2D eigenvalue weighted by molar-refractivity contribution is 1.06. The highest BCUT2D eigenvalue weighted by atomic mass is 14.9. The lowest BCUT2D eigenvalue weighted by Crippen LogP contribution is -2.15. The summed E-state index contributed by atoms with van der Waals surface area (Å²) in [5, 5.41) is 0. The van der Waals surface area contributed by atoms with Gasteiger partial charge in [-0.1, -0.05) is 0 Å². The molecule has 1 aromatic rings. The van der Waals surface area contributed by atoms with Gasteiger partial charge in [0.2, 0.25) is 0 Å². The maximum absolute atomic E-state index is 5.85. The molecule has 2 rings (SSSR count). The predicted molar refractivity (Wildman–Crippen MR) is 52.7 cm³/mol. The molecule has 0 spiro atoms. The van der Waals surface area contributed by atoms with Gasteiger partial charge in [0.05, 0.1) is 6.04 Å². The predicted octanol–water partition coefficient (Wildman–Crippen LogP) is 1.26. The zero-order valence-corrected chi connectivity index (χ0v) is 7.70. The van der Waals surface area contributed by atoms with Crippen LogP contribution in [0.25, 0.3) is 0 Å². The van der Waals surface area contributed by atoms with E-state index in [0.717, 1.165) is 11.1 Å². The molecule has 1 saturated carbocycles. The maximum atomic E-state index is 5.85. The number of nitrogens with two attached hydrogens (primary N) is 1. The third-order valence-electron chi connectivity index (χ3n) is 2.18. The zero-order chi connectivity index (χ0) is 9.26. The van der Waals surface area contributed by atoms with E-state index in [0.29, 0.717) is 11.9 Å². The summed E-state index contributed by atoms with van der Waals surface area (Å²) in [6, 6.07) is 2.42. The summed E-state index contributed by atoms with van der Waals surface area (Å²) < 4.78 is 0. The van der Waals surface area contributed by atoms with Crippen LogP contribution >= 0.6 is 0 Å². The Morgan fingerprint density at radius 1 is 1.62 bits per heavy atom. The number of aliphatic imine (C=N–C) groups is 1. The van der Waals surface area contributed by atoms with Crippen LogP contribution < -0.4 is 5.73 Å². The third kappa shape index (κ3) is 1.86. The molecule has 2 N–H and O–H groups in total. The number of hydrogen-bond acceptors (Lipinski definition) is 2. The Hall–Kier alpha value is -1.38. The monoisotopic (exact) mass is 175 g/mol. The molecule has 0 saturated heterocycles. The molecular weight excluding hydrogens is 162 g/mol. The fraction of sp³-hybridized carbons (Fsp3) is 0.400. The Morgan fingerprint density at radius 3 is 3.00 bits per heavy atom. The minimum Gasteiger partial charge on any atom is -0.383 e. The van der Waals surface area contributed by atoms with E-state index >= 15 is 0 Å². The van der Waals surface area contributed by atoms with E-state index in [1.807, 2.05) is 13.0 Å². The second-order valence-corrected chi connectivity index (χ2v) is 3.44. The van der Waals surface area contributed by atoms with E-state index in [-0.39, 0.29) is 0 Å². The lowest BCUT2D eigenvalue weighted by Gasteiger charge is -2.02. The largest absolute Gasteiger partial charge is 0.383 e. The highest BCUT2D eigenvalue weighted by Crippen LogP contribution is 2.24. The van der Waals surface area contributed by atoms with E-state index in [1.165, 1.54) is 12.8 Å². The highest BCUT2D eigenvalue weighted by Gasteiger charge is 2.20. The van der Waals surface area contributed by atoms with Crippen LogP contribution in [-0.2, 0) is 0 Å². The number of aromatic nitrogens is 1. The molecule has 0 bridgehead atoms. The van der Waals surface area contributed by atoms with E-state index in [4.69, 9.17) is 5.73 Å². The first-order valence-electron chi connectivity index (χ1n) is 4.51. The SMILES string of the molecule is Cc1ccncc1C(N)=NC1CC1. The minimum absolute atomic E-state index is 0.472. The van der Waals surface area contributed by atoms with Gasteiger partial charge in [0.15, 0.2) is 0 Å². The summed E-state index contributed by atoms with van der Waals surface area (Å²) in [5.74, 6) is 0.633. The zero-order valence-electron chi connectivity index (χ0n) is 7.70. The first kappa shape index (κ1) is 8.23. The average molecular weight is 175 g/mol. The van der Waals surface area contributed by atoms with Crippen molar-refractivity contribution in [1.82, 2.24) is 4.98 Å². The lowest BCUT2D eigenvalue weighted by atomic mass is 10.1. The van der Waals surface area contributed by atoms with Crippen molar-refractivity contribution in [3.05, 3.63) is 29.6 Å². The van der Waals surface area contributed by atoms with Crippen molar-refractivity contribution in [3.63, 3.8) is 0 Å². The molecule has 1 heterocycles. The van der Waals surface area contributed by atoms with Crippen molar-refractivity contribution in [2.24, 2.45) is 10.7 Å². The van der Waals surface area contributed by atoms with Gasteiger partial charge in [0.1, 0.15) is 5.84 Å². The molecular formula is C10H13N3. The van der Waals surface area contributed by atoms with Crippen molar-refractivity contribution < 1.29 is 0 Å². The number of amidine groups is 1.